The molecule has 1 atom stereocenters. The molecule has 0 aromatic heterocycles. The van der Waals surface area contributed by atoms with E-state index in [1.165, 1.54) is 11.1 Å². The lowest BCUT2D eigenvalue weighted by atomic mass is 9.96. The van der Waals surface area contributed by atoms with E-state index in [1.54, 1.807) is 14.2 Å². The Kier molecular flexibility index (Phi) is 4.86. The fraction of sp³-hybridized carbons (Fsp3) is 0.333. The highest BCUT2D eigenvalue weighted by Gasteiger charge is 2.16. The molecule has 2 aromatic carbocycles. The number of aliphatic hydroxyl groups is 1. The Bertz CT molecular complexity index is 620. The van der Waals surface area contributed by atoms with Gasteiger partial charge < -0.3 is 14.6 Å². The van der Waals surface area contributed by atoms with Crippen molar-refractivity contribution in [2.75, 3.05) is 14.2 Å². The summed E-state index contributed by atoms with van der Waals surface area (Å²) < 4.78 is 10.6. The third kappa shape index (κ3) is 3.56. The van der Waals surface area contributed by atoms with Crippen molar-refractivity contribution in [2.24, 2.45) is 0 Å². The summed E-state index contributed by atoms with van der Waals surface area (Å²) in [6.45, 7) is 4.12. The lowest BCUT2D eigenvalue weighted by Gasteiger charge is -2.17. The molecule has 0 spiro atoms. The minimum Gasteiger partial charge on any atom is -0.497 e. The zero-order chi connectivity index (χ0) is 15.4. The van der Waals surface area contributed by atoms with Gasteiger partial charge in [-0.25, -0.2) is 0 Å². The molecule has 0 radical (unpaired) electrons. The van der Waals surface area contributed by atoms with Gasteiger partial charge in [0.1, 0.15) is 11.5 Å². The van der Waals surface area contributed by atoms with Crippen LogP contribution in [0.2, 0.25) is 0 Å². The lowest BCUT2D eigenvalue weighted by molar-refractivity contribution is 0.173. The molecule has 1 unspecified atom stereocenters. The van der Waals surface area contributed by atoms with Crippen LogP contribution in [0.15, 0.2) is 36.4 Å². The molecule has 0 fully saturated rings. The van der Waals surface area contributed by atoms with Crippen LogP contribution in [0.25, 0.3) is 0 Å². The quantitative estimate of drug-likeness (QED) is 0.912. The standard InChI is InChI=1S/C18H22O3/c1-12-5-6-13(2)14(9-12)10-17(19)16-11-15(20-3)7-8-18(16)21-4/h5-9,11,17,19H,10H2,1-4H3. The Hall–Kier alpha value is -2.00. The monoisotopic (exact) mass is 286 g/mol. The minimum absolute atomic E-state index is 0.553. The Labute approximate surface area is 126 Å². The van der Waals surface area contributed by atoms with Crippen LogP contribution >= 0.6 is 0 Å². The summed E-state index contributed by atoms with van der Waals surface area (Å²) in [5.74, 6) is 1.39. The first kappa shape index (κ1) is 15.4. The van der Waals surface area contributed by atoms with Crippen LogP contribution in [0.1, 0.15) is 28.4 Å². The molecule has 0 aliphatic rings. The highest BCUT2D eigenvalue weighted by molar-refractivity contribution is 5.43. The molecule has 0 saturated carbocycles. The van der Waals surface area contributed by atoms with Crippen LogP contribution in [-0.4, -0.2) is 19.3 Å². The Balaban J connectivity index is 2.31. The second kappa shape index (κ2) is 6.64. The largest absolute Gasteiger partial charge is 0.497 e. The van der Waals surface area contributed by atoms with Crippen molar-refractivity contribution < 1.29 is 14.6 Å². The topological polar surface area (TPSA) is 38.7 Å². The maximum atomic E-state index is 10.6. The molecule has 3 nitrogen and oxygen atoms in total. The predicted molar refractivity (Wildman–Crippen MR) is 84.1 cm³/mol. The van der Waals surface area contributed by atoms with Gasteiger partial charge in [-0.3, -0.25) is 0 Å². The molecule has 0 saturated heterocycles. The summed E-state index contributed by atoms with van der Waals surface area (Å²) in [5, 5.41) is 10.6. The van der Waals surface area contributed by atoms with Gasteiger partial charge in [-0.1, -0.05) is 23.8 Å². The molecule has 0 aliphatic carbocycles. The Morgan fingerprint density at radius 3 is 2.43 bits per heavy atom. The molecule has 2 rings (SSSR count). The van der Waals surface area contributed by atoms with Crippen molar-refractivity contribution in [3.8, 4) is 11.5 Å². The molecule has 1 N–H and O–H groups in total. The van der Waals surface area contributed by atoms with Crippen LogP contribution in [0.5, 0.6) is 11.5 Å². The normalized spacial score (nSPS) is 12.0. The van der Waals surface area contributed by atoms with Gasteiger partial charge in [-0.15, -0.1) is 0 Å². The average molecular weight is 286 g/mol. The Morgan fingerprint density at radius 2 is 1.76 bits per heavy atom. The molecule has 112 valence electrons. The van der Waals surface area contributed by atoms with Gasteiger partial charge in [0.2, 0.25) is 0 Å². The first-order chi connectivity index (χ1) is 10.0. The molecule has 0 amide bonds. The third-order valence-electron chi connectivity index (χ3n) is 3.71. The number of ether oxygens (including phenoxy) is 2. The van der Waals surface area contributed by atoms with Crippen LogP contribution in [0.4, 0.5) is 0 Å². The van der Waals surface area contributed by atoms with Gasteiger partial charge in [0.05, 0.1) is 20.3 Å². The zero-order valence-corrected chi connectivity index (χ0v) is 13.0. The fourth-order valence-corrected chi connectivity index (χ4v) is 2.44. The lowest BCUT2D eigenvalue weighted by Crippen LogP contribution is -2.06. The van der Waals surface area contributed by atoms with Gasteiger partial charge in [0.15, 0.2) is 0 Å². The van der Waals surface area contributed by atoms with E-state index in [9.17, 15) is 5.11 Å². The number of aryl methyl sites for hydroxylation is 2. The summed E-state index contributed by atoms with van der Waals surface area (Å²) in [7, 11) is 3.22. The number of rotatable bonds is 5. The number of methoxy groups -OCH3 is 2. The third-order valence-corrected chi connectivity index (χ3v) is 3.71. The predicted octanol–water partition coefficient (Wildman–Crippen LogP) is 3.60. The van der Waals surface area contributed by atoms with Gasteiger partial charge in [-0.05, 0) is 43.2 Å². The van der Waals surface area contributed by atoms with Crippen molar-refractivity contribution in [2.45, 2.75) is 26.4 Å². The molecule has 0 heterocycles. The molecule has 2 aromatic rings. The molecule has 0 aliphatic heterocycles. The number of hydrogen-bond donors (Lipinski definition) is 1. The summed E-state index contributed by atoms with van der Waals surface area (Å²) in [6, 6.07) is 11.8. The van der Waals surface area contributed by atoms with Gasteiger partial charge >= 0.3 is 0 Å². The average Bonchev–Trinajstić information content (AvgIpc) is 2.50. The second-order valence-electron chi connectivity index (χ2n) is 5.26. The van der Waals surface area contributed by atoms with E-state index in [2.05, 4.69) is 32.0 Å². The van der Waals surface area contributed by atoms with Crippen LogP contribution in [0.3, 0.4) is 0 Å². The van der Waals surface area contributed by atoms with Crippen molar-refractivity contribution in [1.29, 1.82) is 0 Å². The van der Waals surface area contributed by atoms with Crippen LogP contribution < -0.4 is 9.47 Å². The SMILES string of the molecule is COc1ccc(OC)c(C(O)Cc2cc(C)ccc2C)c1. The molecule has 3 heteroatoms. The van der Waals surface area contributed by atoms with Gasteiger partial charge in [0.25, 0.3) is 0 Å². The number of aliphatic hydroxyl groups excluding tert-OH is 1. The van der Waals surface area contributed by atoms with E-state index < -0.39 is 6.10 Å². The zero-order valence-electron chi connectivity index (χ0n) is 13.0. The van der Waals surface area contributed by atoms with Crippen LogP contribution in [0, 0.1) is 13.8 Å². The van der Waals surface area contributed by atoms with E-state index in [0.29, 0.717) is 17.9 Å². The second-order valence-corrected chi connectivity index (χ2v) is 5.26. The van der Waals surface area contributed by atoms with E-state index >= 15 is 0 Å². The maximum absolute atomic E-state index is 10.6. The van der Waals surface area contributed by atoms with Crippen molar-refractivity contribution in [3.63, 3.8) is 0 Å². The minimum atomic E-state index is -0.629. The first-order valence-electron chi connectivity index (χ1n) is 7.01. The van der Waals surface area contributed by atoms with Gasteiger partial charge in [-0.2, -0.15) is 0 Å². The number of hydrogen-bond acceptors (Lipinski definition) is 3. The molecule has 21 heavy (non-hydrogen) atoms. The number of benzene rings is 2. The van der Waals surface area contributed by atoms with E-state index in [0.717, 1.165) is 11.1 Å². The molecule has 0 bridgehead atoms. The first-order valence-corrected chi connectivity index (χ1v) is 7.01. The Morgan fingerprint density at radius 1 is 1.00 bits per heavy atom. The summed E-state index contributed by atoms with van der Waals surface area (Å²) in [6.07, 6.45) is -0.0765. The summed E-state index contributed by atoms with van der Waals surface area (Å²) in [5.41, 5.74) is 4.27. The highest BCUT2D eigenvalue weighted by Crippen LogP contribution is 2.31. The highest BCUT2D eigenvalue weighted by atomic mass is 16.5. The smallest absolute Gasteiger partial charge is 0.124 e. The molecular weight excluding hydrogens is 264 g/mol. The molecular formula is C18H22O3. The summed E-state index contributed by atoms with van der Waals surface area (Å²) in [4.78, 5) is 0. The van der Waals surface area contributed by atoms with Crippen molar-refractivity contribution >= 4 is 0 Å². The van der Waals surface area contributed by atoms with Crippen molar-refractivity contribution in [1.82, 2.24) is 0 Å². The van der Waals surface area contributed by atoms with Crippen molar-refractivity contribution in [3.05, 3.63) is 58.7 Å². The summed E-state index contributed by atoms with van der Waals surface area (Å²) >= 11 is 0. The van der Waals surface area contributed by atoms with Gasteiger partial charge in [0, 0.05) is 12.0 Å². The van der Waals surface area contributed by atoms with Crippen LogP contribution in [-0.2, 0) is 6.42 Å². The fourth-order valence-electron chi connectivity index (χ4n) is 2.44. The maximum Gasteiger partial charge on any atom is 0.124 e. The van der Waals surface area contributed by atoms with E-state index in [1.807, 2.05) is 18.2 Å². The van der Waals surface area contributed by atoms with E-state index in [4.69, 9.17) is 9.47 Å². The van der Waals surface area contributed by atoms with E-state index in [-0.39, 0.29) is 0 Å².